The molecule has 4 rings (SSSR count). The van der Waals surface area contributed by atoms with Gasteiger partial charge in [-0.25, -0.2) is 4.98 Å². The van der Waals surface area contributed by atoms with Gasteiger partial charge in [0.15, 0.2) is 5.13 Å². The summed E-state index contributed by atoms with van der Waals surface area (Å²) in [6, 6.07) is 18.2. The van der Waals surface area contributed by atoms with Crippen LogP contribution in [0.3, 0.4) is 0 Å². The Hall–Kier alpha value is -2.99. The number of hydrogen-bond donors (Lipinski definition) is 2. The summed E-state index contributed by atoms with van der Waals surface area (Å²) in [4.78, 5) is 31.2. The van der Waals surface area contributed by atoms with Crippen LogP contribution in [0.4, 0.5) is 5.13 Å². The van der Waals surface area contributed by atoms with Gasteiger partial charge in [0.2, 0.25) is 5.91 Å². The van der Waals surface area contributed by atoms with Gasteiger partial charge < -0.3 is 10.6 Å². The van der Waals surface area contributed by atoms with Crippen LogP contribution in [0.25, 0.3) is 0 Å². The molecule has 1 unspecified atom stereocenters. The summed E-state index contributed by atoms with van der Waals surface area (Å²) < 4.78 is 0. The standard InChI is InChI=1S/C23H23N3O2S/c27-21(26-23-25-18-13-7-8-14-20(18)29-23)15-19(16-9-3-1-4-10-16)24-22(28)17-11-5-2-6-12-17/h1-6,9-12,19H,7-8,13-15H2,(H,24,28)(H,25,26,27). The zero-order chi connectivity index (χ0) is 20.1. The smallest absolute Gasteiger partial charge is 0.251 e. The molecular weight excluding hydrogens is 382 g/mol. The third kappa shape index (κ3) is 4.90. The molecule has 2 amide bonds. The molecule has 0 spiro atoms. The van der Waals surface area contributed by atoms with E-state index in [2.05, 4.69) is 15.6 Å². The number of carbonyl (C=O) groups is 2. The molecule has 3 aromatic rings. The molecule has 1 aliphatic rings. The number of fused-ring (bicyclic) bond motifs is 1. The largest absolute Gasteiger partial charge is 0.345 e. The van der Waals surface area contributed by atoms with E-state index in [1.54, 1.807) is 23.5 Å². The lowest BCUT2D eigenvalue weighted by Crippen LogP contribution is -2.31. The lowest BCUT2D eigenvalue weighted by atomic mass is 10.0. The number of rotatable bonds is 6. The van der Waals surface area contributed by atoms with Gasteiger partial charge >= 0.3 is 0 Å². The SMILES string of the molecule is O=C(CC(NC(=O)c1ccccc1)c1ccccc1)Nc1nc2c(s1)CCCC2. The van der Waals surface area contributed by atoms with Crippen LogP contribution in [0.5, 0.6) is 0 Å². The Morgan fingerprint density at radius 1 is 0.966 bits per heavy atom. The third-order valence-electron chi connectivity index (χ3n) is 5.02. The number of nitrogens with one attached hydrogen (secondary N) is 2. The maximum atomic E-state index is 12.7. The molecule has 1 aliphatic carbocycles. The predicted molar refractivity (Wildman–Crippen MR) is 115 cm³/mol. The minimum Gasteiger partial charge on any atom is -0.345 e. The van der Waals surface area contributed by atoms with Crippen LogP contribution in [0.1, 0.15) is 51.8 Å². The summed E-state index contributed by atoms with van der Waals surface area (Å²) in [6.45, 7) is 0. The molecule has 1 aromatic heterocycles. The van der Waals surface area contributed by atoms with Crippen molar-refractivity contribution in [3.63, 3.8) is 0 Å². The fraction of sp³-hybridized carbons (Fsp3) is 0.261. The quantitative estimate of drug-likeness (QED) is 0.633. The van der Waals surface area contributed by atoms with Crippen LogP contribution in [0, 0.1) is 0 Å². The first-order valence-electron chi connectivity index (χ1n) is 9.88. The number of aromatic nitrogens is 1. The highest BCUT2D eigenvalue weighted by atomic mass is 32.1. The van der Waals surface area contributed by atoms with Gasteiger partial charge in [-0.1, -0.05) is 48.5 Å². The molecule has 0 saturated heterocycles. The fourth-order valence-electron chi connectivity index (χ4n) is 3.53. The van der Waals surface area contributed by atoms with E-state index in [1.165, 1.54) is 11.3 Å². The van der Waals surface area contributed by atoms with Crippen molar-refractivity contribution in [1.82, 2.24) is 10.3 Å². The predicted octanol–water partition coefficient (Wildman–Crippen LogP) is 4.52. The average molecular weight is 406 g/mol. The average Bonchev–Trinajstić information content (AvgIpc) is 3.16. The van der Waals surface area contributed by atoms with E-state index in [1.807, 2.05) is 48.5 Å². The maximum Gasteiger partial charge on any atom is 0.251 e. The zero-order valence-corrected chi connectivity index (χ0v) is 16.9. The van der Waals surface area contributed by atoms with Gasteiger partial charge in [-0.3, -0.25) is 9.59 Å². The Morgan fingerprint density at radius 3 is 2.38 bits per heavy atom. The highest BCUT2D eigenvalue weighted by Crippen LogP contribution is 2.30. The number of benzene rings is 2. The number of aryl methyl sites for hydroxylation is 2. The molecule has 0 aliphatic heterocycles. The Kier molecular flexibility index (Phi) is 6.00. The molecule has 2 N–H and O–H groups in total. The molecule has 5 nitrogen and oxygen atoms in total. The van der Waals surface area contributed by atoms with E-state index in [-0.39, 0.29) is 18.2 Å². The number of carbonyl (C=O) groups excluding carboxylic acids is 2. The molecular formula is C23H23N3O2S. The van der Waals surface area contributed by atoms with Crippen molar-refractivity contribution in [3.05, 3.63) is 82.4 Å². The van der Waals surface area contributed by atoms with Crippen molar-refractivity contribution in [3.8, 4) is 0 Å². The van der Waals surface area contributed by atoms with E-state index in [0.29, 0.717) is 10.7 Å². The first-order chi connectivity index (χ1) is 14.2. The van der Waals surface area contributed by atoms with Crippen LogP contribution in [-0.4, -0.2) is 16.8 Å². The van der Waals surface area contributed by atoms with Crippen LogP contribution >= 0.6 is 11.3 Å². The second kappa shape index (κ2) is 9.01. The van der Waals surface area contributed by atoms with E-state index < -0.39 is 6.04 Å². The number of hydrogen-bond acceptors (Lipinski definition) is 4. The molecule has 0 saturated carbocycles. The second-order valence-electron chi connectivity index (χ2n) is 7.15. The van der Waals surface area contributed by atoms with Gasteiger partial charge in [0.25, 0.3) is 5.91 Å². The van der Waals surface area contributed by atoms with Crippen LogP contribution in [0.2, 0.25) is 0 Å². The summed E-state index contributed by atoms with van der Waals surface area (Å²) >= 11 is 1.57. The summed E-state index contributed by atoms with van der Waals surface area (Å²) in [6.07, 6.45) is 4.52. The molecule has 2 aromatic carbocycles. The minimum atomic E-state index is -0.418. The first kappa shape index (κ1) is 19.3. The van der Waals surface area contributed by atoms with Gasteiger partial charge in [0.1, 0.15) is 0 Å². The van der Waals surface area contributed by atoms with E-state index in [9.17, 15) is 9.59 Å². The van der Waals surface area contributed by atoms with Crippen LogP contribution in [0.15, 0.2) is 60.7 Å². The van der Waals surface area contributed by atoms with E-state index in [4.69, 9.17) is 0 Å². The van der Waals surface area contributed by atoms with Gasteiger partial charge in [-0.05, 0) is 43.4 Å². The number of amides is 2. The van der Waals surface area contributed by atoms with Gasteiger partial charge in [0, 0.05) is 10.4 Å². The lowest BCUT2D eigenvalue weighted by molar-refractivity contribution is -0.116. The van der Waals surface area contributed by atoms with Gasteiger partial charge in [-0.15, -0.1) is 11.3 Å². The van der Waals surface area contributed by atoms with Gasteiger partial charge in [-0.2, -0.15) is 0 Å². The summed E-state index contributed by atoms with van der Waals surface area (Å²) in [5.74, 6) is -0.352. The summed E-state index contributed by atoms with van der Waals surface area (Å²) in [5, 5.41) is 6.58. The van der Waals surface area contributed by atoms with Crippen molar-refractivity contribution < 1.29 is 9.59 Å². The third-order valence-corrected chi connectivity index (χ3v) is 6.10. The van der Waals surface area contributed by atoms with Crippen molar-refractivity contribution in [2.24, 2.45) is 0 Å². The molecule has 1 atom stereocenters. The highest BCUT2D eigenvalue weighted by Gasteiger charge is 2.21. The molecule has 6 heteroatoms. The summed E-state index contributed by atoms with van der Waals surface area (Å²) in [7, 11) is 0. The fourth-order valence-corrected chi connectivity index (χ4v) is 4.60. The lowest BCUT2D eigenvalue weighted by Gasteiger charge is -2.19. The van der Waals surface area contributed by atoms with Crippen molar-refractivity contribution >= 4 is 28.3 Å². The molecule has 1 heterocycles. The van der Waals surface area contributed by atoms with Crippen molar-refractivity contribution in [1.29, 1.82) is 0 Å². The topological polar surface area (TPSA) is 71.1 Å². The Labute approximate surface area is 174 Å². The first-order valence-corrected chi connectivity index (χ1v) is 10.7. The zero-order valence-electron chi connectivity index (χ0n) is 16.1. The van der Waals surface area contributed by atoms with Gasteiger partial charge in [0.05, 0.1) is 18.2 Å². The minimum absolute atomic E-state index is 0.146. The molecule has 29 heavy (non-hydrogen) atoms. The van der Waals surface area contributed by atoms with Crippen molar-refractivity contribution in [2.75, 3.05) is 5.32 Å². The number of nitrogens with zero attached hydrogens (tertiary/aromatic N) is 1. The second-order valence-corrected chi connectivity index (χ2v) is 8.23. The normalized spacial score (nSPS) is 13.9. The van der Waals surface area contributed by atoms with Crippen molar-refractivity contribution in [2.45, 2.75) is 38.1 Å². The van der Waals surface area contributed by atoms with Crippen LogP contribution in [-0.2, 0) is 17.6 Å². The maximum absolute atomic E-state index is 12.7. The van der Waals surface area contributed by atoms with E-state index >= 15 is 0 Å². The number of thiazole rings is 1. The van der Waals surface area contributed by atoms with Crippen LogP contribution < -0.4 is 10.6 Å². The number of anilines is 1. The Bertz CT molecular complexity index is 962. The molecule has 0 fully saturated rings. The summed E-state index contributed by atoms with van der Waals surface area (Å²) in [5.41, 5.74) is 2.58. The molecule has 0 radical (unpaired) electrons. The molecule has 0 bridgehead atoms. The Balaban J connectivity index is 1.47. The van der Waals surface area contributed by atoms with E-state index in [0.717, 1.165) is 30.5 Å². The monoisotopic (exact) mass is 405 g/mol. The Morgan fingerprint density at radius 2 is 1.66 bits per heavy atom. The highest BCUT2D eigenvalue weighted by molar-refractivity contribution is 7.15. The molecule has 148 valence electrons.